The molecule has 0 aliphatic heterocycles. The fourth-order valence-electron chi connectivity index (χ4n) is 1.66. The Morgan fingerprint density at radius 3 is 2.96 bits per heavy atom. The number of nitrogens with one attached hydrogen (secondary N) is 1. The zero-order valence-electron chi connectivity index (χ0n) is 13.3. The van der Waals surface area contributed by atoms with Crippen molar-refractivity contribution < 1.29 is 19.2 Å². The molecular weight excluding hydrogens is 401 g/mol. The number of nitrogens with zero attached hydrogens (tertiary/aromatic N) is 2. The fourth-order valence-corrected chi connectivity index (χ4v) is 2.72. The van der Waals surface area contributed by atoms with Crippen molar-refractivity contribution in [3.8, 4) is 0 Å². The molecule has 0 bridgehead atoms. The van der Waals surface area contributed by atoms with Gasteiger partial charge in [0.25, 0.3) is 0 Å². The first-order chi connectivity index (χ1) is 12.5. The van der Waals surface area contributed by atoms with E-state index in [1.54, 1.807) is 23.6 Å². The van der Waals surface area contributed by atoms with Gasteiger partial charge in [-0.15, -0.1) is 11.3 Å². The van der Waals surface area contributed by atoms with Crippen molar-refractivity contribution in [3.63, 3.8) is 0 Å². The van der Waals surface area contributed by atoms with Crippen molar-refractivity contribution in [1.29, 1.82) is 0 Å². The number of hydrogen-bond acceptors (Lipinski definition) is 7. The van der Waals surface area contributed by atoms with Crippen LogP contribution in [0.15, 0.2) is 41.4 Å². The minimum atomic E-state index is -0.678. The summed E-state index contributed by atoms with van der Waals surface area (Å²) in [6.45, 7) is 3.54. The summed E-state index contributed by atoms with van der Waals surface area (Å²) >= 11 is 13.0. The van der Waals surface area contributed by atoms with Crippen molar-refractivity contribution in [2.45, 2.75) is 6.61 Å². The molecule has 0 fully saturated rings. The number of carbonyl (C=O) groups excluding carboxylic acids is 2. The Morgan fingerprint density at radius 1 is 1.42 bits per heavy atom. The van der Waals surface area contributed by atoms with Gasteiger partial charge in [0.15, 0.2) is 17.1 Å². The first kappa shape index (κ1) is 19.9. The monoisotopic (exact) mass is 413 g/mol. The summed E-state index contributed by atoms with van der Waals surface area (Å²) in [5.41, 5.74) is 0.840. The Morgan fingerprint density at radius 2 is 2.23 bits per heavy atom. The molecule has 0 aliphatic carbocycles. The van der Waals surface area contributed by atoms with E-state index in [4.69, 9.17) is 32.8 Å². The number of thiazole rings is 1. The van der Waals surface area contributed by atoms with Crippen molar-refractivity contribution in [2.24, 2.45) is 5.16 Å². The van der Waals surface area contributed by atoms with Crippen LogP contribution in [0.5, 0.6) is 0 Å². The summed E-state index contributed by atoms with van der Waals surface area (Å²) < 4.78 is 4.78. The molecule has 7 nitrogen and oxygen atoms in total. The highest BCUT2D eigenvalue weighted by Gasteiger charge is 2.12. The largest absolute Gasteiger partial charge is 0.445 e. The number of amides is 1. The number of halogens is 2. The van der Waals surface area contributed by atoms with Gasteiger partial charge in [-0.3, -0.25) is 10.1 Å². The lowest BCUT2D eigenvalue weighted by atomic mass is 10.2. The van der Waals surface area contributed by atoms with Crippen molar-refractivity contribution in [2.75, 3.05) is 11.9 Å². The Hall–Kier alpha value is -2.42. The zero-order valence-corrected chi connectivity index (χ0v) is 15.6. The van der Waals surface area contributed by atoms with E-state index in [0.717, 1.165) is 11.3 Å². The number of carbonyl (C=O) groups is 2. The minimum absolute atomic E-state index is 0.0276. The molecule has 2 rings (SSSR count). The van der Waals surface area contributed by atoms with Gasteiger partial charge in [0, 0.05) is 21.0 Å². The average Bonchev–Trinajstić information content (AvgIpc) is 3.08. The normalized spacial score (nSPS) is 10.9. The van der Waals surface area contributed by atoms with Crippen LogP contribution < -0.4 is 5.32 Å². The molecule has 1 aromatic heterocycles. The van der Waals surface area contributed by atoms with E-state index in [9.17, 15) is 9.59 Å². The average molecular weight is 414 g/mol. The lowest BCUT2D eigenvalue weighted by Crippen LogP contribution is -2.13. The molecule has 1 heterocycles. The molecule has 1 aromatic carbocycles. The van der Waals surface area contributed by atoms with Crippen molar-refractivity contribution in [3.05, 3.63) is 57.5 Å². The second-order valence-corrected chi connectivity index (χ2v) is 6.36. The third-order valence-corrected chi connectivity index (χ3v) is 4.17. The van der Waals surface area contributed by atoms with Crippen LogP contribution >= 0.6 is 34.5 Å². The number of ether oxygens (including phenoxy) is 1. The molecular formula is C16H13Cl2N3O4S. The van der Waals surface area contributed by atoms with E-state index >= 15 is 0 Å². The van der Waals surface area contributed by atoms with Gasteiger partial charge >= 0.3 is 6.09 Å². The smallest absolute Gasteiger partial charge is 0.413 e. The highest BCUT2D eigenvalue weighted by molar-refractivity contribution is 7.14. The third kappa shape index (κ3) is 5.83. The van der Waals surface area contributed by atoms with Crippen molar-refractivity contribution >= 4 is 57.8 Å². The van der Waals surface area contributed by atoms with E-state index in [1.807, 2.05) is 0 Å². The number of hydrogen-bond donors (Lipinski definition) is 1. The number of oxime groups is 1. The number of benzene rings is 1. The minimum Gasteiger partial charge on any atom is -0.445 e. The molecule has 10 heteroatoms. The van der Waals surface area contributed by atoms with Crippen LogP contribution in [0.2, 0.25) is 10.0 Å². The summed E-state index contributed by atoms with van der Waals surface area (Å²) in [7, 11) is 0. The van der Waals surface area contributed by atoms with Gasteiger partial charge in [0.2, 0.25) is 0 Å². The first-order valence-corrected chi connectivity index (χ1v) is 8.76. The van der Waals surface area contributed by atoms with E-state index in [1.165, 1.54) is 6.08 Å². The number of anilines is 1. The van der Waals surface area contributed by atoms with Crippen LogP contribution in [0.25, 0.3) is 0 Å². The third-order valence-electron chi connectivity index (χ3n) is 2.81. The van der Waals surface area contributed by atoms with Gasteiger partial charge in [0.05, 0.1) is 0 Å². The molecule has 0 radical (unpaired) electrons. The van der Waals surface area contributed by atoms with Gasteiger partial charge in [-0.25, -0.2) is 9.78 Å². The molecule has 26 heavy (non-hydrogen) atoms. The molecule has 0 aliphatic rings. The standard InChI is InChI=1S/C16H13Cl2N3O4S/c1-2-5-24-16(23)20-15-19-14(9-26-15)13(7-22)21-25-8-10-6-11(17)3-4-12(10)18/h2-4,6-7,9H,1,5,8H2,(H,19,20,23). The number of aldehydes is 1. The van der Waals surface area contributed by atoms with Gasteiger partial charge < -0.3 is 9.57 Å². The SMILES string of the molecule is C=CCOC(=O)Nc1nc(C(C=O)=NOCc2cc(Cl)ccc2Cl)cs1. The number of aromatic nitrogens is 1. The van der Waals surface area contributed by atoms with E-state index in [-0.39, 0.29) is 29.8 Å². The summed E-state index contributed by atoms with van der Waals surface area (Å²) in [4.78, 5) is 31.9. The quantitative estimate of drug-likeness (QED) is 0.301. The topological polar surface area (TPSA) is 89.9 Å². The summed E-state index contributed by atoms with van der Waals surface area (Å²) in [6, 6.07) is 4.92. The Bertz CT molecular complexity index is 839. The van der Waals surface area contributed by atoms with Crippen LogP contribution in [0.4, 0.5) is 9.93 Å². The van der Waals surface area contributed by atoms with E-state index in [0.29, 0.717) is 21.9 Å². The fraction of sp³-hybridized carbons (Fsp3) is 0.125. The van der Waals surface area contributed by atoms with E-state index < -0.39 is 6.09 Å². The highest BCUT2D eigenvalue weighted by Crippen LogP contribution is 2.21. The Balaban J connectivity index is 2.00. The lowest BCUT2D eigenvalue weighted by molar-refractivity contribution is -0.102. The van der Waals surface area contributed by atoms with Crippen LogP contribution in [0, 0.1) is 0 Å². The summed E-state index contributed by atoms with van der Waals surface area (Å²) in [6.07, 6.45) is 1.25. The van der Waals surface area contributed by atoms with Crippen molar-refractivity contribution in [1.82, 2.24) is 4.98 Å². The highest BCUT2D eigenvalue weighted by atomic mass is 35.5. The maximum atomic E-state index is 11.4. The van der Waals surface area contributed by atoms with Crippen LogP contribution in [0.3, 0.4) is 0 Å². The molecule has 0 saturated heterocycles. The molecule has 0 unspecified atom stereocenters. The number of rotatable bonds is 8. The van der Waals surface area contributed by atoms with E-state index in [2.05, 4.69) is 22.0 Å². The Kier molecular flexibility index (Phi) is 7.58. The maximum absolute atomic E-state index is 11.4. The first-order valence-electron chi connectivity index (χ1n) is 7.13. The van der Waals surface area contributed by atoms with Gasteiger partial charge in [0.1, 0.15) is 18.9 Å². The predicted molar refractivity (Wildman–Crippen MR) is 101 cm³/mol. The van der Waals surface area contributed by atoms with Crippen LogP contribution in [0.1, 0.15) is 11.3 Å². The Labute approximate surface area is 163 Å². The zero-order chi connectivity index (χ0) is 18.9. The molecule has 136 valence electrons. The van der Waals surface area contributed by atoms with Gasteiger partial charge in [-0.05, 0) is 18.2 Å². The van der Waals surface area contributed by atoms with Gasteiger partial charge in [-0.1, -0.05) is 41.0 Å². The lowest BCUT2D eigenvalue weighted by Gasteiger charge is -2.04. The molecule has 0 spiro atoms. The second kappa shape index (κ2) is 9.91. The van der Waals surface area contributed by atoms with Gasteiger partial charge in [-0.2, -0.15) is 0 Å². The summed E-state index contributed by atoms with van der Waals surface area (Å²) in [5.74, 6) is 0. The van der Waals surface area contributed by atoms with Crippen LogP contribution in [-0.4, -0.2) is 29.7 Å². The molecule has 1 N–H and O–H groups in total. The molecule has 2 aromatic rings. The van der Waals surface area contributed by atoms with Crippen LogP contribution in [-0.2, 0) is 21.0 Å². The maximum Gasteiger partial charge on any atom is 0.413 e. The molecule has 0 saturated carbocycles. The summed E-state index contributed by atoms with van der Waals surface area (Å²) in [5, 5.41) is 8.95. The predicted octanol–water partition coefficient (Wildman–Crippen LogP) is 4.30. The molecule has 0 atom stereocenters. The molecule has 1 amide bonds. The second-order valence-electron chi connectivity index (χ2n) is 4.65.